The second kappa shape index (κ2) is 22.3. The number of carbonyl (C=O) groups excluding carboxylic acids is 4. The van der Waals surface area contributed by atoms with Gasteiger partial charge >= 0.3 is 24.0 Å². The highest BCUT2D eigenvalue weighted by Crippen LogP contribution is 2.23. The molecule has 55 heavy (non-hydrogen) atoms. The molecule has 10 nitrogen and oxygen atoms in total. The Bertz CT molecular complexity index is 1840. The molecule has 0 unspecified atom stereocenters. The van der Waals surface area contributed by atoms with Gasteiger partial charge in [0.2, 0.25) is 0 Å². The summed E-state index contributed by atoms with van der Waals surface area (Å²) in [5.41, 5.74) is 7.25. The largest absolute Gasteiger partial charge is 0.465 e. The number of amides is 4. The normalized spacial score (nSPS) is 13.5. The Hall–Kier alpha value is -5.16. The summed E-state index contributed by atoms with van der Waals surface area (Å²) in [6.07, 6.45) is 6.79. The molecule has 0 bridgehead atoms. The third kappa shape index (κ3) is 13.6. The fourth-order valence-corrected chi connectivity index (χ4v) is 6.61. The molecule has 2 fully saturated rings. The molecule has 0 atom stereocenters. The fraction of sp³-hybridized carbons (Fsp3) is 0.364. The first kappa shape index (κ1) is 42.6. The molecule has 2 aliphatic heterocycles. The van der Waals surface area contributed by atoms with Gasteiger partial charge < -0.3 is 24.6 Å². The van der Waals surface area contributed by atoms with Crippen LogP contribution in [-0.2, 0) is 21.3 Å². The summed E-state index contributed by atoms with van der Waals surface area (Å²) in [6, 6.07) is 30.5. The standard InChI is InChI=1S/C22H26N2O3.C13H18N2O.C9H9BrO2/c1-17-7-6-8-20(15-17)24(22(26)23-13-4-3-5-14-23)16-18-9-11-19(12-10-18)21(25)27-2;1-11-6-5-7-12(10-11)14-13(16)15-8-3-2-4-9-15;1-12-9(11)8-4-2-7(6-10)3-5-8/h6-12,15H,3-5,13-14,16H2,1-2H3;5-7,10H,2-4,8-9H2,1H3,(H,14,16);2-5H,6H2,1H3. The van der Waals surface area contributed by atoms with Crippen LogP contribution in [0.1, 0.15) is 81.5 Å². The Morgan fingerprint density at radius 2 is 1.13 bits per heavy atom. The summed E-state index contributed by atoms with van der Waals surface area (Å²) in [6.45, 7) is 7.90. The van der Waals surface area contributed by atoms with Gasteiger partial charge in [-0.25, -0.2) is 19.2 Å². The summed E-state index contributed by atoms with van der Waals surface area (Å²) in [4.78, 5) is 53.4. The quantitative estimate of drug-likeness (QED) is 0.147. The van der Waals surface area contributed by atoms with E-state index in [0.29, 0.717) is 17.7 Å². The smallest absolute Gasteiger partial charge is 0.337 e. The highest BCUT2D eigenvalue weighted by atomic mass is 79.9. The number of likely N-dealkylation sites (tertiary alicyclic amines) is 2. The van der Waals surface area contributed by atoms with Gasteiger partial charge in [-0.05, 0) is 123 Å². The van der Waals surface area contributed by atoms with Crippen LogP contribution in [0.5, 0.6) is 0 Å². The molecular formula is C44H53BrN4O6. The van der Waals surface area contributed by atoms with Gasteiger partial charge in [-0.2, -0.15) is 0 Å². The lowest BCUT2D eigenvalue weighted by Crippen LogP contribution is -2.45. The molecule has 1 N–H and O–H groups in total. The molecule has 4 aromatic carbocycles. The first-order valence-corrected chi connectivity index (χ1v) is 19.9. The fourth-order valence-electron chi connectivity index (χ4n) is 6.24. The molecule has 11 heteroatoms. The Balaban J connectivity index is 0.000000203. The highest BCUT2D eigenvalue weighted by Gasteiger charge is 2.24. The molecule has 4 amide bonds. The summed E-state index contributed by atoms with van der Waals surface area (Å²) in [7, 11) is 2.74. The van der Waals surface area contributed by atoms with Crippen molar-refractivity contribution in [3.63, 3.8) is 0 Å². The Morgan fingerprint density at radius 3 is 1.62 bits per heavy atom. The van der Waals surface area contributed by atoms with E-state index >= 15 is 0 Å². The van der Waals surface area contributed by atoms with Gasteiger partial charge in [0.25, 0.3) is 0 Å². The number of nitrogens with zero attached hydrogens (tertiary/aromatic N) is 3. The van der Waals surface area contributed by atoms with Gasteiger partial charge in [-0.1, -0.05) is 64.5 Å². The van der Waals surface area contributed by atoms with Crippen molar-refractivity contribution in [2.75, 3.05) is 50.6 Å². The predicted octanol–water partition coefficient (Wildman–Crippen LogP) is 9.78. The number of hydrogen-bond acceptors (Lipinski definition) is 6. The van der Waals surface area contributed by atoms with E-state index in [1.165, 1.54) is 27.1 Å². The minimum atomic E-state index is -0.360. The molecular weight excluding hydrogens is 760 g/mol. The van der Waals surface area contributed by atoms with E-state index < -0.39 is 0 Å². The van der Waals surface area contributed by atoms with Crippen LogP contribution in [0.15, 0.2) is 97.1 Å². The SMILES string of the molecule is COC(=O)c1ccc(CBr)cc1.COC(=O)c1ccc(CN(C(=O)N2CCCCC2)c2cccc(C)c2)cc1.Cc1cccc(NC(=O)N2CCCCC2)c1. The molecule has 2 aliphatic rings. The second-order valence-electron chi connectivity index (χ2n) is 13.6. The monoisotopic (exact) mass is 812 g/mol. The number of rotatable bonds is 7. The number of halogens is 1. The number of esters is 2. The van der Waals surface area contributed by atoms with Crippen molar-refractivity contribution in [1.29, 1.82) is 0 Å². The molecule has 0 aliphatic carbocycles. The number of aryl methyl sites for hydroxylation is 2. The lowest BCUT2D eigenvalue weighted by Gasteiger charge is -2.33. The minimum Gasteiger partial charge on any atom is -0.465 e. The summed E-state index contributed by atoms with van der Waals surface area (Å²) < 4.78 is 9.31. The summed E-state index contributed by atoms with van der Waals surface area (Å²) >= 11 is 3.32. The number of benzene rings is 4. The molecule has 2 heterocycles. The van der Waals surface area contributed by atoms with E-state index in [0.717, 1.165) is 90.8 Å². The maximum absolute atomic E-state index is 13.2. The van der Waals surface area contributed by atoms with Crippen LogP contribution < -0.4 is 10.2 Å². The first-order valence-electron chi connectivity index (χ1n) is 18.8. The van der Waals surface area contributed by atoms with Gasteiger partial charge in [0.1, 0.15) is 0 Å². The van der Waals surface area contributed by atoms with Crippen molar-refractivity contribution in [2.45, 2.75) is 64.2 Å². The summed E-state index contributed by atoms with van der Waals surface area (Å²) in [5, 5.41) is 3.74. The van der Waals surface area contributed by atoms with E-state index in [2.05, 4.69) is 26.0 Å². The van der Waals surface area contributed by atoms with Crippen molar-refractivity contribution >= 4 is 51.3 Å². The van der Waals surface area contributed by atoms with E-state index in [1.54, 1.807) is 24.3 Å². The topological polar surface area (TPSA) is 108 Å². The van der Waals surface area contributed by atoms with Crippen LogP contribution >= 0.6 is 15.9 Å². The van der Waals surface area contributed by atoms with Gasteiger partial charge in [0.15, 0.2) is 0 Å². The van der Waals surface area contributed by atoms with Crippen LogP contribution in [0.25, 0.3) is 0 Å². The van der Waals surface area contributed by atoms with Crippen molar-refractivity contribution < 1.29 is 28.7 Å². The Morgan fingerprint density at radius 1 is 0.636 bits per heavy atom. The van der Waals surface area contributed by atoms with E-state index in [9.17, 15) is 19.2 Å². The molecule has 292 valence electrons. The van der Waals surface area contributed by atoms with Crippen LogP contribution in [0.4, 0.5) is 21.0 Å². The minimum absolute atomic E-state index is 0.0327. The van der Waals surface area contributed by atoms with Crippen molar-refractivity contribution in [3.8, 4) is 0 Å². The van der Waals surface area contributed by atoms with Crippen LogP contribution in [0, 0.1) is 13.8 Å². The predicted molar refractivity (Wildman–Crippen MR) is 222 cm³/mol. The van der Waals surface area contributed by atoms with Crippen LogP contribution in [0.2, 0.25) is 0 Å². The maximum Gasteiger partial charge on any atom is 0.337 e. The maximum atomic E-state index is 13.2. The highest BCUT2D eigenvalue weighted by molar-refractivity contribution is 9.08. The number of ether oxygens (including phenoxy) is 2. The number of methoxy groups -OCH3 is 2. The number of urea groups is 2. The number of carbonyl (C=O) groups is 4. The van der Waals surface area contributed by atoms with E-state index in [4.69, 9.17) is 4.74 Å². The zero-order chi connectivity index (χ0) is 39.6. The lowest BCUT2D eigenvalue weighted by molar-refractivity contribution is 0.0592. The Kier molecular flexibility index (Phi) is 17.2. The van der Waals surface area contributed by atoms with Crippen molar-refractivity contribution in [3.05, 3.63) is 130 Å². The molecule has 0 aromatic heterocycles. The van der Waals surface area contributed by atoms with E-state index in [-0.39, 0.29) is 24.0 Å². The van der Waals surface area contributed by atoms with Gasteiger partial charge in [-0.15, -0.1) is 0 Å². The van der Waals surface area contributed by atoms with Crippen molar-refractivity contribution in [2.24, 2.45) is 0 Å². The van der Waals surface area contributed by atoms with Crippen LogP contribution in [0.3, 0.4) is 0 Å². The third-order valence-corrected chi connectivity index (χ3v) is 9.98. The Labute approximate surface area is 333 Å². The number of nitrogens with one attached hydrogen (secondary N) is 1. The number of alkyl halides is 1. The lowest BCUT2D eigenvalue weighted by atomic mass is 10.1. The first-order chi connectivity index (χ1) is 26.6. The van der Waals surface area contributed by atoms with Gasteiger partial charge in [0.05, 0.1) is 31.9 Å². The van der Waals surface area contributed by atoms with Gasteiger partial charge in [-0.3, -0.25) is 4.90 Å². The molecule has 0 spiro atoms. The summed E-state index contributed by atoms with van der Waals surface area (Å²) in [5.74, 6) is -0.655. The third-order valence-electron chi connectivity index (χ3n) is 9.33. The van der Waals surface area contributed by atoms with Gasteiger partial charge in [0, 0.05) is 42.9 Å². The molecule has 2 saturated heterocycles. The van der Waals surface area contributed by atoms with Crippen molar-refractivity contribution in [1.82, 2.24) is 9.80 Å². The molecule has 6 rings (SSSR count). The molecule has 0 saturated carbocycles. The number of piperidine rings is 2. The number of anilines is 2. The zero-order valence-corrected chi connectivity index (χ0v) is 34.0. The van der Waals surface area contributed by atoms with E-state index in [1.807, 2.05) is 101 Å². The van der Waals surface area contributed by atoms with Crippen LogP contribution in [-0.4, -0.2) is 74.2 Å². The molecule has 0 radical (unpaired) electrons. The average Bonchev–Trinajstić information content (AvgIpc) is 3.23. The number of hydrogen-bond donors (Lipinski definition) is 1. The molecule has 4 aromatic rings. The second-order valence-corrected chi connectivity index (χ2v) is 14.2. The zero-order valence-electron chi connectivity index (χ0n) is 32.4. The average molecular weight is 814 g/mol.